The number of amides is 2. The van der Waals surface area contributed by atoms with E-state index in [2.05, 4.69) is 5.32 Å². The third-order valence-electron chi connectivity index (χ3n) is 2.77. The van der Waals surface area contributed by atoms with Crippen LogP contribution in [0.3, 0.4) is 0 Å². The minimum Gasteiger partial charge on any atom is -0.366 e. The van der Waals surface area contributed by atoms with Gasteiger partial charge in [0.15, 0.2) is 0 Å². The smallest absolute Gasteiger partial charge is 0.250 e. The summed E-state index contributed by atoms with van der Waals surface area (Å²) in [7, 11) is 0. The summed E-state index contributed by atoms with van der Waals surface area (Å²) >= 11 is 0. The number of hydrogen-bond acceptors (Lipinski definition) is 2. The van der Waals surface area contributed by atoms with Crippen molar-refractivity contribution >= 4 is 11.8 Å². The van der Waals surface area contributed by atoms with Gasteiger partial charge in [-0.25, -0.2) is 0 Å². The van der Waals surface area contributed by atoms with Crippen LogP contribution < -0.4 is 11.1 Å². The molecule has 0 atom stereocenters. The van der Waals surface area contributed by atoms with E-state index in [1.165, 1.54) is 6.92 Å². The zero-order chi connectivity index (χ0) is 13.0. The van der Waals surface area contributed by atoms with E-state index >= 15 is 0 Å². The van der Waals surface area contributed by atoms with Gasteiger partial charge in [0.05, 0.1) is 5.56 Å². The molecule has 1 aromatic rings. The van der Waals surface area contributed by atoms with Gasteiger partial charge in [0.1, 0.15) is 0 Å². The molecule has 1 aromatic heterocycles. The number of primary amides is 1. The van der Waals surface area contributed by atoms with Crippen LogP contribution in [0.25, 0.3) is 0 Å². The van der Waals surface area contributed by atoms with Gasteiger partial charge in [-0.05, 0) is 26.3 Å². The zero-order valence-electron chi connectivity index (χ0n) is 10.5. The second kappa shape index (κ2) is 5.52. The highest BCUT2D eigenvalue weighted by Gasteiger charge is 2.12. The van der Waals surface area contributed by atoms with Gasteiger partial charge < -0.3 is 15.6 Å². The van der Waals surface area contributed by atoms with E-state index < -0.39 is 5.91 Å². The SMILES string of the molecule is CC(=O)NCCCn1c(C)cc(C(N)=O)c1C. The molecular formula is C12H19N3O2. The normalized spacial score (nSPS) is 10.3. The first-order valence-corrected chi connectivity index (χ1v) is 5.64. The van der Waals surface area contributed by atoms with Crippen molar-refractivity contribution in [3.63, 3.8) is 0 Å². The van der Waals surface area contributed by atoms with E-state index in [1.54, 1.807) is 6.07 Å². The lowest BCUT2D eigenvalue weighted by Crippen LogP contribution is -2.22. The van der Waals surface area contributed by atoms with Crippen molar-refractivity contribution in [1.82, 2.24) is 9.88 Å². The number of nitrogens with one attached hydrogen (secondary N) is 1. The molecule has 0 unspecified atom stereocenters. The maximum atomic E-state index is 11.2. The number of aromatic nitrogens is 1. The average molecular weight is 237 g/mol. The van der Waals surface area contributed by atoms with Gasteiger partial charge in [-0.15, -0.1) is 0 Å². The number of rotatable bonds is 5. The maximum absolute atomic E-state index is 11.2. The summed E-state index contributed by atoms with van der Waals surface area (Å²) in [4.78, 5) is 21.9. The highest BCUT2D eigenvalue weighted by Crippen LogP contribution is 2.14. The first-order chi connectivity index (χ1) is 7.93. The minimum atomic E-state index is -0.397. The summed E-state index contributed by atoms with van der Waals surface area (Å²) in [6.45, 7) is 6.73. The van der Waals surface area contributed by atoms with Crippen LogP contribution in [0.15, 0.2) is 6.07 Å². The Hall–Kier alpha value is -1.78. The molecular weight excluding hydrogens is 218 g/mol. The fourth-order valence-corrected chi connectivity index (χ4v) is 1.90. The lowest BCUT2D eigenvalue weighted by Gasteiger charge is -2.09. The van der Waals surface area contributed by atoms with Gasteiger partial charge in [0.2, 0.25) is 5.91 Å². The second-order valence-electron chi connectivity index (χ2n) is 4.14. The van der Waals surface area contributed by atoms with Crippen molar-refractivity contribution in [2.75, 3.05) is 6.54 Å². The molecule has 17 heavy (non-hydrogen) atoms. The average Bonchev–Trinajstić information content (AvgIpc) is 2.50. The van der Waals surface area contributed by atoms with Crippen molar-refractivity contribution < 1.29 is 9.59 Å². The summed E-state index contributed by atoms with van der Waals surface area (Å²) in [6.07, 6.45) is 0.828. The third kappa shape index (κ3) is 3.34. The van der Waals surface area contributed by atoms with Crippen molar-refractivity contribution in [1.29, 1.82) is 0 Å². The van der Waals surface area contributed by atoms with Crippen LogP contribution in [-0.4, -0.2) is 22.9 Å². The highest BCUT2D eigenvalue weighted by atomic mass is 16.1. The molecule has 0 aromatic carbocycles. The lowest BCUT2D eigenvalue weighted by molar-refractivity contribution is -0.118. The molecule has 0 spiro atoms. The third-order valence-corrected chi connectivity index (χ3v) is 2.77. The molecule has 5 nitrogen and oxygen atoms in total. The monoisotopic (exact) mass is 237 g/mol. The Labute approximate surface area is 101 Å². The number of carbonyl (C=O) groups is 2. The van der Waals surface area contributed by atoms with Crippen molar-refractivity contribution in [3.8, 4) is 0 Å². The second-order valence-corrected chi connectivity index (χ2v) is 4.14. The molecule has 0 radical (unpaired) electrons. The highest BCUT2D eigenvalue weighted by molar-refractivity contribution is 5.94. The molecule has 3 N–H and O–H groups in total. The van der Waals surface area contributed by atoms with E-state index in [4.69, 9.17) is 5.73 Å². The number of aryl methyl sites for hydroxylation is 1. The first kappa shape index (κ1) is 13.3. The van der Waals surface area contributed by atoms with Gasteiger partial charge in [0, 0.05) is 31.4 Å². The molecule has 1 heterocycles. The fraction of sp³-hybridized carbons (Fsp3) is 0.500. The van der Waals surface area contributed by atoms with Gasteiger partial charge in [0.25, 0.3) is 5.91 Å². The molecule has 5 heteroatoms. The van der Waals surface area contributed by atoms with Crippen LogP contribution in [-0.2, 0) is 11.3 Å². The summed E-state index contributed by atoms with van der Waals surface area (Å²) in [5, 5.41) is 2.74. The number of carbonyl (C=O) groups excluding carboxylic acids is 2. The summed E-state index contributed by atoms with van der Waals surface area (Å²) in [5.74, 6) is -0.421. The number of hydrogen-bond donors (Lipinski definition) is 2. The fourth-order valence-electron chi connectivity index (χ4n) is 1.90. The molecule has 94 valence electrons. The van der Waals surface area contributed by atoms with Gasteiger partial charge >= 0.3 is 0 Å². The van der Waals surface area contributed by atoms with Gasteiger partial charge in [-0.2, -0.15) is 0 Å². The zero-order valence-corrected chi connectivity index (χ0v) is 10.5. The number of nitrogens with zero attached hydrogens (tertiary/aromatic N) is 1. The van der Waals surface area contributed by atoms with Crippen LogP contribution in [0.4, 0.5) is 0 Å². The minimum absolute atomic E-state index is 0.0243. The first-order valence-electron chi connectivity index (χ1n) is 5.64. The molecule has 1 rings (SSSR count). The summed E-state index contributed by atoms with van der Waals surface area (Å²) in [5.41, 5.74) is 7.75. The quantitative estimate of drug-likeness (QED) is 0.741. The van der Waals surface area contributed by atoms with E-state index in [-0.39, 0.29) is 5.91 Å². The molecule has 0 aliphatic heterocycles. The lowest BCUT2D eigenvalue weighted by atomic mass is 10.2. The topological polar surface area (TPSA) is 77.1 Å². The van der Waals surface area contributed by atoms with E-state index in [1.807, 2.05) is 18.4 Å². The Balaban J connectivity index is 2.65. The van der Waals surface area contributed by atoms with E-state index in [0.29, 0.717) is 12.1 Å². The van der Waals surface area contributed by atoms with Crippen LogP contribution in [0.5, 0.6) is 0 Å². The van der Waals surface area contributed by atoms with Crippen LogP contribution in [0.2, 0.25) is 0 Å². The van der Waals surface area contributed by atoms with E-state index in [0.717, 1.165) is 24.4 Å². The molecule has 0 saturated carbocycles. The summed E-state index contributed by atoms with van der Waals surface area (Å²) < 4.78 is 2.04. The Kier molecular flexibility index (Phi) is 4.31. The molecule has 0 bridgehead atoms. The van der Waals surface area contributed by atoms with Crippen molar-refractivity contribution in [2.24, 2.45) is 5.73 Å². The molecule has 0 fully saturated rings. The Morgan fingerprint density at radius 2 is 2.06 bits per heavy atom. The predicted octanol–water partition coefficient (Wildman–Crippen LogP) is 0.730. The Morgan fingerprint density at radius 1 is 1.41 bits per heavy atom. The standard InChI is InChI=1S/C12H19N3O2/c1-8-7-11(12(13)17)9(2)15(8)6-4-5-14-10(3)16/h7H,4-6H2,1-3H3,(H2,13,17)(H,14,16). The maximum Gasteiger partial charge on any atom is 0.250 e. The van der Waals surface area contributed by atoms with Crippen LogP contribution in [0.1, 0.15) is 35.1 Å². The largest absolute Gasteiger partial charge is 0.366 e. The van der Waals surface area contributed by atoms with Crippen molar-refractivity contribution in [2.45, 2.75) is 33.7 Å². The van der Waals surface area contributed by atoms with Crippen molar-refractivity contribution in [3.05, 3.63) is 23.0 Å². The molecule has 0 aliphatic carbocycles. The summed E-state index contributed by atoms with van der Waals surface area (Å²) in [6, 6.07) is 1.80. The molecule has 0 saturated heterocycles. The van der Waals surface area contributed by atoms with Gasteiger partial charge in [-0.1, -0.05) is 0 Å². The predicted molar refractivity (Wildman–Crippen MR) is 65.7 cm³/mol. The molecule has 2 amide bonds. The van der Waals surface area contributed by atoms with Gasteiger partial charge in [-0.3, -0.25) is 9.59 Å². The number of nitrogens with two attached hydrogens (primary N) is 1. The molecule has 0 aliphatic rings. The Morgan fingerprint density at radius 3 is 2.53 bits per heavy atom. The van der Waals surface area contributed by atoms with Crippen LogP contribution >= 0.6 is 0 Å². The van der Waals surface area contributed by atoms with Crippen LogP contribution in [0, 0.1) is 13.8 Å². The Bertz CT molecular complexity index is 435. The van der Waals surface area contributed by atoms with E-state index in [9.17, 15) is 9.59 Å².